The molecule has 0 radical (unpaired) electrons. The molecule has 0 amide bonds. The second kappa shape index (κ2) is 5.63. The highest BCUT2D eigenvalue weighted by Gasteiger charge is 2.19. The summed E-state index contributed by atoms with van der Waals surface area (Å²) < 4.78 is 28.6. The number of imidazole rings is 1. The molecule has 2 heterocycles. The molecule has 20 heavy (non-hydrogen) atoms. The van der Waals surface area contributed by atoms with Crippen molar-refractivity contribution < 1.29 is 8.42 Å². The molecular formula is C11H18N6O2S. The Kier molecular flexibility index (Phi) is 4.09. The minimum Gasteiger partial charge on any atom is -0.384 e. The Morgan fingerprint density at radius 3 is 2.85 bits per heavy atom. The van der Waals surface area contributed by atoms with Crippen molar-refractivity contribution in [2.24, 2.45) is 0 Å². The van der Waals surface area contributed by atoms with Crippen LogP contribution in [0.4, 0.5) is 5.82 Å². The summed E-state index contributed by atoms with van der Waals surface area (Å²) in [6.07, 6.45) is 3.94. The molecule has 8 nitrogen and oxygen atoms in total. The van der Waals surface area contributed by atoms with E-state index in [1.165, 1.54) is 6.20 Å². The van der Waals surface area contributed by atoms with Gasteiger partial charge in [-0.15, -0.1) is 0 Å². The van der Waals surface area contributed by atoms with Crippen molar-refractivity contribution in [3.8, 4) is 0 Å². The Labute approximate surface area is 117 Å². The number of hydrogen-bond donors (Lipinski definition) is 3. The number of aryl methyl sites for hydroxylation is 2. The Bertz CT molecular complexity index is 688. The Hall–Kier alpha value is -1.87. The van der Waals surface area contributed by atoms with E-state index >= 15 is 0 Å². The Morgan fingerprint density at radius 2 is 2.25 bits per heavy atom. The second-order valence-electron chi connectivity index (χ2n) is 4.45. The number of H-pyrrole nitrogens is 1. The van der Waals surface area contributed by atoms with Crippen LogP contribution < -0.4 is 10.5 Å². The molecule has 0 spiro atoms. The van der Waals surface area contributed by atoms with Crippen molar-refractivity contribution >= 4 is 15.8 Å². The van der Waals surface area contributed by atoms with Crippen molar-refractivity contribution in [1.29, 1.82) is 0 Å². The van der Waals surface area contributed by atoms with E-state index in [1.54, 1.807) is 13.1 Å². The van der Waals surface area contributed by atoms with Gasteiger partial charge in [0, 0.05) is 24.8 Å². The number of nitrogens with two attached hydrogens (primary N) is 1. The normalized spacial score (nSPS) is 11.9. The van der Waals surface area contributed by atoms with Crippen LogP contribution in [0.1, 0.15) is 24.7 Å². The zero-order valence-electron chi connectivity index (χ0n) is 11.4. The van der Waals surface area contributed by atoms with Crippen LogP contribution in [0.3, 0.4) is 0 Å². The third kappa shape index (κ3) is 2.99. The molecule has 0 saturated heterocycles. The highest BCUT2D eigenvalue weighted by atomic mass is 32.2. The lowest BCUT2D eigenvalue weighted by Crippen LogP contribution is -2.23. The predicted octanol–water partition coefficient (Wildman–Crippen LogP) is 0.385. The summed E-state index contributed by atoms with van der Waals surface area (Å²) in [7, 11) is -3.65. The van der Waals surface area contributed by atoms with Gasteiger partial charge in [0.15, 0.2) is 5.03 Å². The Balaban J connectivity index is 2.14. The van der Waals surface area contributed by atoms with E-state index in [9.17, 15) is 8.42 Å². The van der Waals surface area contributed by atoms with Crippen molar-refractivity contribution in [2.45, 2.75) is 38.4 Å². The van der Waals surface area contributed by atoms with Crippen LogP contribution in [0.2, 0.25) is 0 Å². The number of nitrogen functional groups attached to an aromatic ring is 1. The largest absolute Gasteiger partial charge is 0.384 e. The summed E-state index contributed by atoms with van der Waals surface area (Å²) in [5.74, 6) is 1.02. The molecule has 0 atom stereocenters. The first-order chi connectivity index (χ1) is 9.44. The van der Waals surface area contributed by atoms with Gasteiger partial charge in [-0.1, -0.05) is 6.92 Å². The van der Waals surface area contributed by atoms with Crippen LogP contribution in [-0.2, 0) is 23.1 Å². The first kappa shape index (κ1) is 14.5. The van der Waals surface area contributed by atoms with E-state index in [-0.39, 0.29) is 11.6 Å². The van der Waals surface area contributed by atoms with Crippen LogP contribution in [0.15, 0.2) is 17.4 Å². The molecule has 4 N–H and O–H groups in total. The van der Waals surface area contributed by atoms with Gasteiger partial charge in [-0.2, -0.15) is 5.10 Å². The number of nitrogens with one attached hydrogen (secondary N) is 2. The van der Waals surface area contributed by atoms with Crippen molar-refractivity contribution in [3.05, 3.63) is 23.8 Å². The number of hydrogen-bond acceptors (Lipinski definition) is 5. The van der Waals surface area contributed by atoms with E-state index in [4.69, 9.17) is 5.73 Å². The second-order valence-corrected chi connectivity index (χ2v) is 6.17. The molecule has 2 aromatic rings. The van der Waals surface area contributed by atoms with Crippen LogP contribution >= 0.6 is 0 Å². The van der Waals surface area contributed by atoms with Crippen molar-refractivity contribution in [1.82, 2.24) is 24.5 Å². The molecule has 0 aliphatic rings. The van der Waals surface area contributed by atoms with Gasteiger partial charge >= 0.3 is 0 Å². The van der Waals surface area contributed by atoms with Gasteiger partial charge in [0.1, 0.15) is 11.6 Å². The SMILES string of the molecule is CCCn1cc(S(=O)(=O)NCc2cn[nH]c2N)nc1C. The molecule has 0 aliphatic heterocycles. The maximum Gasteiger partial charge on any atom is 0.259 e. The monoisotopic (exact) mass is 298 g/mol. The van der Waals surface area contributed by atoms with E-state index in [0.29, 0.717) is 17.2 Å². The third-order valence-electron chi connectivity index (χ3n) is 2.90. The zero-order chi connectivity index (χ0) is 14.8. The van der Waals surface area contributed by atoms with Crippen LogP contribution in [0.5, 0.6) is 0 Å². The minimum atomic E-state index is -3.65. The summed E-state index contributed by atoms with van der Waals surface area (Å²) in [5, 5.41) is 6.30. The van der Waals surface area contributed by atoms with Gasteiger partial charge in [0.2, 0.25) is 0 Å². The van der Waals surface area contributed by atoms with Gasteiger partial charge in [-0.3, -0.25) is 5.10 Å². The molecule has 2 aromatic heterocycles. The van der Waals surface area contributed by atoms with E-state index in [2.05, 4.69) is 19.9 Å². The molecule has 9 heteroatoms. The number of anilines is 1. The van der Waals surface area contributed by atoms with Gasteiger partial charge in [0.25, 0.3) is 10.0 Å². The standard InChI is InChI=1S/C11H18N6O2S/c1-3-4-17-7-10(15-8(17)2)20(18,19)14-6-9-5-13-16-11(9)12/h5,7,14H,3-4,6H2,1-2H3,(H3,12,13,16). The number of rotatable bonds is 6. The number of nitrogens with zero attached hydrogens (tertiary/aromatic N) is 3. The van der Waals surface area contributed by atoms with E-state index in [1.807, 2.05) is 11.5 Å². The van der Waals surface area contributed by atoms with Gasteiger partial charge in [-0.25, -0.2) is 18.1 Å². The van der Waals surface area contributed by atoms with Crippen LogP contribution in [0, 0.1) is 6.92 Å². The first-order valence-electron chi connectivity index (χ1n) is 6.25. The summed E-state index contributed by atoms with van der Waals surface area (Å²) in [5.41, 5.74) is 6.20. The smallest absolute Gasteiger partial charge is 0.259 e. The fourth-order valence-electron chi connectivity index (χ4n) is 1.78. The van der Waals surface area contributed by atoms with Crippen LogP contribution in [0.25, 0.3) is 0 Å². The minimum absolute atomic E-state index is 0.0190. The highest BCUT2D eigenvalue weighted by Crippen LogP contribution is 2.12. The van der Waals surface area contributed by atoms with Gasteiger partial charge in [0.05, 0.1) is 6.20 Å². The van der Waals surface area contributed by atoms with Crippen molar-refractivity contribution in [3.63, 3.8) is 0 Å². The zero-order valence-corrected chi connectivity index (χ0v) is 12.2. The molecular weight excluding hydrogens is 280 g/mol. The molecule has 0 aromatic carbocycles. The van der Waals surface area contributed by atoms with Gasteiger partial charge < -0.3 is 10.3 Å². The van der Waals surface area contributed by atoms with Gasteiger partial charge in [-0.05, 0) is 13.3 Å². The fourth-order valence-corrected chi connectivity index (χ4v) is 2.80. The molecule has 0 aliphatic carbocycles. The average molecular weight is 298 g/mol. The number of aromatic nitrogens is 4. The lowest BCUT2D eigenvalue weighted by Gasteiger charge is -2.03. The molecule has 110 valence electrons. The summed E-state index contributed by atoms with van der Waals surface area (Å²) >= 11 is 0. The molecule has 0 unspecified atom stereocenters. The topological polar surface area (TPSA) is 119 Å². The predicted molar refractivity (Wildman–Crippen MR) is 74.3 cm³/mol. The van der Waals surface area contributed by atoms with E-state index in [0.717, 1.165) is 13.0 Å². The number of aromatic amines is 1. The maximum absolute atomic E-state index is 12.2. The van der Waals surface area contributed by atoms with E-state index < -0.39 is 10.0 Å². The maximum atomic E-state index is 12.2. The lowest BCUT2D eigenvalue weighted by atomic mass is 10.3. The Morgan fingerprint density at radius 1 is 1.50 bits per heavy atom. The molecule has 0 bridgehead atoms. The first-order valence-corrected chi connectivity index (χ1v) is 7.73. The summed E-state index contributed by atoms with van der Waals surface area (Å²) in [6, 6.07) is 0. The highest BCUT2D eigenvalue weighted by molar-refractivity contribution is 7.89. The third-order valence-corrected chi connectivity index (χ3v) is 4.17. The molecule has 2 rings (SSSR count). The average Bonchev–Trinajstić information content (AvgIpc) is 2.95. The van der Waals surface area contributed by atoms with Crippen LogP contribution in [-0.4, -0.2) is 28.2 Å². The fraction of sp³-hybridized carbons (Fsp3) is 0.455. The quantitative estimate of drug-likeness (QED) is 0.712. The van der Waals surface area contributed by atoms with Crippen molar-refractivity contribution in [2.75, 3.05) is 5.73 Å². The summed E-state index contributed by atoms with van der Waals surface area (Å²) in [4.78, 5) is 4.08. The number of sulfonamides is 1. The summed E-state index contributed by atoms with van der Waals surface area (Å²) in [6.45, 7) is 4.61. The molecule has 0 fully saturated rings. The molecule has 0 saturated carbocycles. The lowest BCUT2D eigenvalue weighted by molar-refractivity contribution is 0.577.